The lowest BCUT2D eigenvalue weighted by atomic mass is 10.0. The smallest absolute Gasteiger partial charge is 0.164 e. The minimum atomic E-state index is -0.803. The van der Waals surface area contributed by atoms with Gasteiger partial charge < -0.3 is 8.98 Å². The lowest BCUT2D eigenvalue weighted by Gasteiger charge is -2.10. The predicted molar refractivity (Wildman–Crippen MR) is 203 cm³/mol. The molecule has 5 nitrogen and oxygen atoms in total. The average molecular weight is 659 g/mol. The Hall–Kier alpha value is -6.85. The number of nitrogens with zero attached hydrogens (tertiary/aromatic N) is 4. The van der Waals surface area contributed by atoms with Crippen LogP contribution in [0.1, 0.15) is 24.7 Å². The zero-order valence-corrected chi connectivity index (χ0v) is 25.5. The van der Waals surface area contributed by atoms with Crippen LogP contribution in [0.5, 0.6) is 0 Å². The standard InChI is InChI=1S/C45H28N4O/c1-4-12-29(13-5-1)32-20-23-36-37-24-22-34(28-42(37)50-41(36)27-32)49-39-19-11-10-18-35(39)38-26-33(21-25-40(38)49)45-47-43(30-14-6-2-7-15-30)46-44(48-45)31-16-8-3-9-17-31/h1-28H/i1D,4D,5D,10D,11D,12D,13D,18D,19D,20D,21D,22D,23D,24D,25D,26D,27D,28D. The molecule has 10 aromatic rings. The first-order valence-electron chi connectivity index (χ1n) is 24.2. The maximum atomic E-state index is 9.76. The number of benzene rings is 7. The van der Waals surface area contributed by atoms with E-state index in [1.807, 2.05) is 0 Å². The molecular weight excluding hydrogens is 613 g/mol. The first-order chi connectivity index (χ1) is 32.3. The Morgan fingerprint density at radius 1 is 0.420 bits per heavy atom. The van der Waals surface area contributed by atoms with E-state index in [-0.39, 0.29) is 44.6 Å². The number of aromatic nitrogens is 4. The van der Waals surface area contributed by atoms with Crippen LogP contribution in [0.4, 0.5) is 0 Å². The van der Waals surface area contributed by atoms with Gasteiger partial charge in [-0.3, -0.25) is 0 Å². The highest BCUT2D eigenvalue weighted by Crippen LogP contribution is 2.38. The number of fused-ring (bicyclic) bond motifs is 6. The van der Waals surface area contributed by atoms with Crippen LogP contribution in [0.3, 0.4) is 0 Å². The van der Waals surface area contributed by atoms with Gasteiger partial charge in [-0.15, -0.1) is 0 Å². The van der Waals surface area contributed by atoms with E-state index >= 15 is 0 Å². The molecule has 7 aromatic carbocycles. The van der Waals surface area contributed by atoms with Gasteiger partial charge in [-0.1, -0.05) is 115 Å². The molecule has 50 heavy (non-hydrogen) atoms. The van der Waals surface area contributed by atoms with Crippen molar-refractivity contribution in [1.29, 1.82) is 0 Å². The van der Waals surface area contributed by atoms with Crippen LogP contribution in [0.15, 0.2) is 174 Å². The van der Waals surface area contributed by atoms with Crippen LogP contribution in [-0.2, 0) is 0 Å². The van der Waals surface area contributed by atoms with Crippen LogP contribution < -0.4 is 0 Å². The van der Waals surface area contributed by atoms with E-state index in [2.05, 4.69) is 15.0 Å². The third-order valence-electron chi connectivity index (χ3n) is 8.05. The highest BCUT2D eigenvalue weighted by Gasteiger charge is 2.18. The van der Waals surface area contributed by atoms with Crippen LogP contribution in [0.2, 0.25) is 0 Å². The van der Waals surface area contributed by atoms with Crippen LogP contribution in [-0.4, -0.2) is 19.5 Å². The Morgan fingerprint density at radius 3 is 1.72 bits per heavy atom. The molecule has 0 N–H and O–H groups in total. The molecule has 0 aliphatic carbocycles. The molecule has 0 spiro atoms. The van der Waals surface area contributed by atoms with Gasteiger partial charge in [-0.05, 0) is 59.5 Å². The summed E-state index contributed by atoms with van der Waals surface area (Å²) in [6, 6.07) is 4.61. The van der Waals surface area contributed by atoms with Crippen molar-refractivity contribution in [2.75, 3.05) is 0 Å². The number of hydrogen-bond donors (Lipinski definition) is 0. The van der Waals surface area contributed by atoms with E-state index in [0.717, 1.165) is 4.57 Å². The van der Waals surface area contributed by atoms with Gasteiger partial charge in [0.25, 0.3) is 0 Å². The third-order valence-corrected chi connectivity index (χ3v) is 8.05. The molecule has 0 amide bonds. The van der Waals surface area contributed by atoms with Gasteiger partial charge in [0, 0.05) is 50.0 Å². The normalized spacial score (nSPS) is 16.6. The second-order valence-electron chi connectivity index (χ2n) is 11.1. The summed E-state index contributed by atoms with van der Waals surface area (Å²) in [4.78, 5) is 14.0. The van der Waals surface area contributed by atoms with Gasteiger partial charge in [0.1, 0.15) is 11.2 Å². The van der Waals surface area contributed by atoms with Crippen LogP contribution in [0, 0.1) is 0 Å². The first-order valence-corrected chi connectivity index (χ1v) is 15.2. The molecule has 3 heterocycles. The van der Waals surface area contributed by atoms with Crippen LogP contribution in [0.25, 0.3) is 94.7 Å². The molecule has 0 atom stereocenters. The van der Waals surface area contributed by atoms with Crippen molar-refractivity contribution < 1.29 is 29.1 Å². The molecule has 0 saturated heterocycles. The van der Waals surface area contributed by atoms with Gasteiger partial charge in [0.15, 0.2) is 17.5 Å². The van der Waals surface area contributed by atoms with Gasteiger partial charge in [-0.25, -0.2) is 15.0 Å². The fraction of sp³-hybridized carbons (Fsp3) is 0. The molecule has 0 unspecified atom stereocenters. The van der Waals surface area contributed by atoms with Crippen molar-refractivity contribution in [2.24, 2.45) is 0 Å². The van der Waals surface area contributed by atoms with Crippen molar-refractivity contribution in [3.05, 3.63) is 169 Å². The molecule has 0 saturated carbocycles. The zero-order chi connectivity index (χ0) is 48.7. The average Bonchev–Trinajstić information content (AvgIpc) is 3.92. The van der Waals surface area contributed by atoms with Gasteiger partial charge in [0.05, 0.1) is 35.7 Å². The minimum Gasteiger partial charge on any atom is -0.456 e. The van der Waals surface area contributed by atoms with E-state index in [0.29, 0.717) is 11.1 Å². The molecule has 0 aliphatic rings. The molecule has 5 heteroatoms. The van der Waals surface area contributed by atoms with Gasteiger partial charge in [0.2, 0.25) is 0 Å². The fourth-order valence-corrected chi connectivity index (χ4v) is 5.76. The Balaban J connectivity index is 1.32. The molecule has 0 radical (unpaired) electrons. The highest BCUT2D eigenvalue weighted by molar-refractivity contribution is 6.11. The fourth-order valence-electron chi connectivity index (χ4n) is 5.76. The van der Waals surface area contributed by atoms with Crippen LogP contribution >= 0.6 is 0 Å². The Kier molecular flexibility index (Phi) is 3.55. The third kappa shape index (κ3) is 4.67. The summed E-state index contributed by atoms with van der Waals surface area (Å²) in [5.41, 5.74) is -2.82. The largest absolute Gasteiger partial charge is 0.456 e. The summed E-state index contributed by atoms with van der Waals surface area (Å²) < 4.78 is 168. The molecular formula is C45H28N4O. The number of rotatable bonds is 5. The number of furan rings is 1. The van der Waals surface area contributed by atoms with E-state index < -0.39 is 148 Å². The Morgan fingerprint density at radius 2 is 1.00 bits per heavy atom. The summed E-state index contributed by atoms with van der Waals surface area (Å²) in [6.45, 7) is 0. The lowest BCUT2D eigenvalue weighted by molar-refractivity contribution is 0.669. The Bertz CT molecular complexity index is 3810. The summed E-state index contributed by atoms with van der Waals surface area (Å²) in [7, 11) is 0. The van der Waals surface area contributed by atoms with Crippen molar-refractivity contribution in [2.45, 2.75) is 0 Å². The van der Waals surface area contributed by atoms with E-state index in [1.165, 1.54) is 0 Å². The summed E-state index contributed by atoms with van der Waals surface area (Å²) in [6.07, 6.45) is 0. The van der Waals surface area contributed by atoms with E-state index in [4.69, 9.17) is 20.9 Å². The quantitative estimate of drug-likeness (QED) is 0.185. The predicted octanol–water partition coefficient (Wildman–Crippen LogP) is 11.5. The van der Waals surface area contributed by atoms with Crippen molar-refractivity contribution in [3.63, 3.8) is 0 Å². The second kappa shape index (κ2) is 11.4. The molecule has 234 valence electrons. The van der Waals surface area contributed by atoms with E-state index in [9.17, 15) is 8.22 Å². The maximum absolute atomic E-state index is 9.76. The molecule has 0 aliphatic heterocycles. The maximum Gasteiger partial charge on any atom is 0.164 e. The molecule has 3 aromatic heterocycles. The summed E-state index contributed by atoms with van der Waals surface area (Å²) in [5, 5.41) is -1.38. The lowest BCUT2D eigenvalue weighted by Crippen LogP contribution is -2.00. The molecule has 0 fully saturated rings. The van der Waals surface area contributed by atoms with Crippen molar-refractivity contribution >= 4 is 43.7 Å². The van der Waals surface area contributed by atoms with Gasteiger partial charge in [-0.2, -0.15) is 0 Å². The number of para-hydroxylation sites is 1. The van der Waals surface area contributed by atoms with Crippen molar-refractivity contribution in [1.82, 2.24) is 19.5 Å². The van der Waals surface area contributed by atoms with Crippen molar-refractivity contribution in [3.8, 4) is 51.0 Å². The summed E-state index contributed by atoms with van der Waals surface area (Å²) in [5.74, 6) is 0.112. The SMILES string of the molecule is [2H]c1c([2H])c([2H])c(-c2c([2H])c([2H])c3c(oc4c([2H])c(-n5c6c([2H])c([2H])c([2H])c([2H])c6c6c([2H])c(-c7nc(-c8ccccc8)nc(-c8ccccc8)n7)c([2H])c([2H])c65)c([2H])c([2H])c43)c2[2H])c([2H])c1[2H]. The van der Waals surface area contributed by atoms with Gasteiger partial charge >= 0.3 is 0 Å². The zero-order valence-electron chi connectivity index (χ0n) is 43.5. The Labute approximate surface area is 313 Å². The van der Waals surface area contributed by atoms with E-state index in [1.54, 1.807) is 60.7 Å². The monoisotopic (exact) mass is 658 g/mol. The molecule has 0 bridgehead atoms. The second-order valence-corrected chi connectivity index (χ2v) is 11.1. The topological polar surface area (TPSA) is 56.7 Å². The highest BCUT2D eigenvalue weighted by atomic mass is 16.3. The summed E-state index contributed by atoms with van der Waals surface area (Å²) >= 11 is 0. The molecule has 10 rings (SSSR count). The first kappa shape index (κ1) is 15.6. The number of hydrogen-bond acceptors (Lipinski definition) is 4. The minimum absolute atomic E-state index is 0.161.